The molecule has 86 valence electrons. The molecule has 0 saturated heterocycles. The third-order valence-electron chi connectivity index (χ3n) is 1.89. The number of hydroxylamine groups is 1. The Kier molecular flexibility index (Phi) is 3.87. The minimum Gasteiger partial charge on any atom is -0.295 e. The Bertz CT molecular complexity index is 328. The van der Waals surface area contributed by atoms with Crippen LogP contribution < -0.4 is 5.48 Å². The zero-order chi connectivity index (χ0) is 11.6. The van der Waals surface area contributed by atoms with Gasteiger partial charge in [-0.1, -0.05) is 0 Å². The maximum atomic E-state index is 5.52. The molecule has 0 aromatic carbocycles. The average Bonchev–Trinajstić information content (AvgIpc) is 2.40. The number of rotatable bonds is 3. The Morgan fingerprint density at radius 2 is 1.93 bits per heavy atom. The Balaban J connectivity index is 2.61. The highest BCUT2D eigenvalue weighted by Crippen LogP contribution is 2.22. The molecule has 1 aromatic rings. The molecule has 0 bridgehead atoms. The molecule has 0 spiro atoms. The molecule has 1 unspecified atom stereocenters. The van der Waals surface area contributed by atoms with Crippen LogP contribution in [0, 0.1) is 13.8 Å². The minimum atomic E-state index is -0.173. The van der Waals surface area contributed by atoms with E-state index in [-0.39, 0.29) is 11.6 Å². The van der Waals surface area contributed by atoms with Crippen molar-refractivity contribution in [2.45, 2.75) is 53.2 Å². The highest BCUT2D eigenvalue weighted by molar-refractivity contribution is 7.11. The third-order valence-corrected chi connectivity index (χ3v) is 2.79. The molecule has 1 N–H and O–H groups in total. The van der Waals surface area contributed by atoms with E-state index in [4.69, 9.17) is 4.84 Å². The van der Waals surface area contributed by atoms with Crippen LogP contribution in [-0.2, 0) is 4.84 Å². The van der Waals surface area contributed by atoms with Crippen LogP contribution in [0.1, 0.15) is 49.3 Å². The second-order valence-electron chi connectivity index (χ2n) is 4.73. The first kappa shape index (κ1) is 12.6. The van der Waals surface area contributed by atoms with Crippen LogP contribution in [0.25, 0.3) is 0 Å². The molecule has 3 nitrogen and oxygen atoms in total. The fourth-order valence-corrected chi connectivity index (χ4v) is 2.18. The van der Waals surface area contributed by atoms with Crippen molar-refractivity contribution in [2.24, 2.45) is 0 Å². The fraction of sp³-hybridized carbons (Fsp3) is 0.727. The molecule has 0 aliphatic heterocycles. The van der Waals surface area contributed by atoms with Crippen molar-refractivity contribution in [2.75, 3.05) is 0 Å². The number of aromatic nitrogens is 1. The minimum absolute atomic E-state index is 0.133. The van der Waals surface area contributed by atoms with Crippen LogP contribution in [0.2, 0.25) is 0 Å². The van der Waals surface area contributed by atoms with Gasteiger partial charge in [-0.3, -0.25) is 4.84 Å². The highest BCUT2D eigenvalue weighted by atomic mass is 32.1. The maximum Gasteiger partial charge on any atom is 0.0900 e. The molecular weight excluding hydrogens is 208 g/mol. The molecule has 1 rings (SSSR count). The van der Waals surface area contributed by atoms with Crippen molar-refractivity contribution in [1.82, 2.24) is 10.5 Å². The normalized spacial score (nSPS) is 14.3. The Morgan fingerprint density at radius 3 is 2.33 bits per heavy atom. The van der Waals surface area contributed by atoms with Crippen LogP contribution in [0.5, 0.6) is 0 Å². The smallest absolute Gasteiger partial charge is 0.0900 e. The van der Waals surface area contributed by atoms with Crippen LogP contribution in [0.15, 0.2) is 0 Å². The lowest BCUT2D eigenvalue weighted by Crippen LogP contribution is -2.31. The highest BCUT2D eigenvalue weighted by Gasteiger charge is 2.16. The van der Waals surface area contributed by atoms with Gasteiger partial charge in [-0.2, -0.15) is 5.48 Å². The Labute approximate surface area is 95.8 Å². The summed E-state index contributed by atoms with van der Waals surface area (Å²) in [5.74, 6) is 0. The summed E-state index contributed by atoms with van der Waals surface area (Å²) < 4.78 is 0. The number of hydrogen-bond donors (Lipinski definition) is 1. The molecule has 0 radical (unpaired) electrons. The van der Waals surface area contributed by atoms with E-state index in [1.807, 2.05) is 27.7 Å². The molecule has 0 aliphatic carbocycles. The molecule has 1 heterocycles. The molecule has 0 saturated carbocycles. The lowest BCUT2D eigenvalue weighted by Gasteiger charge is -2.22. The van der Waals surface area contributed by atoms with Gasteiger partial charge in [0.1, 0.15) is 0 Å². The van der Waals surface area contributed by atoms with E-state index in [0.717, 1.165) is 10.7 Å². The van der Waals surface area contributed by atoms with Gasteiger partial charge in [0.15, 0.2) is 0 Å². The monoisotopic (exact) mass is 228 g/mol. The number of aryl methyl sites for hydroxylation is 2. The number of hydrogen-bond acceptors (Lipinski definition) is 4. The van der Waals surface area contributed by atoms with Crippen LogP contribution in [0.4, 0.5) is 0 Å². The summed E-state index contributed by atoms with van der Waals surface area (Å²) in [5, 5.41) is 1.10. The first-order chi connectivity index (χ1) is 6.79. The fourth-order valence-electron chi connectivity index (χ4n) is 1.27. The van der Waals surface area contributed by atoms with Gasteiger partial charge in [-0.25, -0.2) is 4.98 Å². The van der Waals surface area contributed by atoms with E-state index in [9.17, 15) is 0 Å². The van der Waals surface area contributed by atoms with E-state index in [1.54, 1.807) is 11.3 Å². The van der Waals surface area contributed by atoms with Crippen molar-refractivity contribution in [1.29, 1.82) is 0 Å². The predicted molar refractivity (Wildman–Crippen MR) is 64.0 cm³/mol. The van der Waals surface area contributed by atoms with Crippen LogP contribution in [0.3, 0.4) is 0 Å². The first-order valence-electron chi connectivity index (χ1n) is 5.17. The van der Waals surface area contributed by atoms with Crippen LogP contribution >= 0.6 is 11.3 Å². The maximum absolute atomic E-state index is 5.52. The predicted octanol–water partition coefficient (Wildman–Crippen LogP) is 3.14. The summed E-state index contributed by atoms with van der Waals surface area (Å²) in [4.78, 5) is 11.3. The third kappa shape index (κ3) is 3.89. The topological polar surface area (TPSA) is 34.2 Å². The number of thiazole rings is 1. The second-order valence-corrected chi connectivity index (χ2v) is 6.14. The van der Waals surface area contributed by atoms with Gasteiger partial charge in [0, 0.05) is 4.88 Å². The van der Waals surface area contributed by atoms with E-state index in [2.05, 4.69) is 24.3 Å². The second kappa shape index (κ2) is 4.60. The molecule has 1 atom stereocenters. The molecule has 15 heavy (non-hydrogen) atoms. The van der Waals surface area contributed by atoms with Gasteiger partial charge in [-0.05, 0) is 41.5 Å². The summed E-state index contributed by atoms with van der Waals surface area (Å²) in [6.07, 6.45) is 0. The molecule has 1 aromatic heterocycles. The zero-order valence-corrected chi connectivity index (χ0v) is 11.2. The standard InChI is InChI=1S/C11H20N2OS/c1-7(13-14-11(4,5)6)10-8(2)15-9(3)12-10/h7,13H,1-6H3. The summed E-state index contributed by atoms with van der Waals surface area (Å²) in [5.41, 5.74) is 3.95. The number of nitrogens with zero attached hydrogens (tertiary/aromatic N) is 1. The average molecular weight is 228 g/mol. The summed E-state index contributed by atoms with van der Waals surface area (Å²) in [6.45, 7) is 12.2. The Hall–Kier alpha value is -0.450. The SMILES string of the molecule is Cc1nc(C(C)NOC(C)(C)C)c(C)s1. The lowest BCUT2D eigenvalue weighted by atomic mass is 10.2. The van der Waals surface area contributed by atoms with Gasteiger partial charge < -0.3 is 0 Å². The molecule has 0 aliphatic rings. The summed E-state index contributed by atoms with van der Waals surface area (Å²) >= 11 is 1.72. The van der Waals surface area contributed by atoms with Crippen molar-refractivity contribution >= 4 is 11.3 Å². The Morgan fingerprint density at radius 1 is 1.33 bits per heavy atom. The van der Waals surface area contributed by atoms with E-state index < -0.39 is 0 Å². The first-order valence-corrected chi connectivity index (χ1v) is 5.98. The molecule has 0 amide bonds. The molecule has 0 fully saturated rings. The lowest BCUT2D eigenvalue weighted by molar-refractivity contribution is -0.0871. The largest absolute Gasteiger partial charge is 0.295 e. The van der Waals surface area contributed by atoms with Gasteiger partial charge in [-0.15, -0.1) is 11.3 Å². The van der Waals surface area contributed by atoms with Gasteiger partial charge in [0.2, 0.25) is 0 Å². The van der Waals surface area contributed by atoms with Crippen molar-refractivity contribution in [3.63, 3.8) is 0 Å². The van der Waals surface area contributed by atoms with Crippen LogP contribution in [-0.4, -0.2) is 10.6 Å². The van der Waals surface area contributed by atoms with Gasteiger partial charge in [0.05, 0.1) is 22.3 Å². The molecular formula is C11H20N2OS. The van der Waals surface area contributed by atoms with Gasteiger partial charge in [0.25, 0.3) is 0 Å². The zero-order valence-electron chi connectivity index (χ0n) is 10.3. The molecule has 4 heteroatoms. The van der Waals surface area contributed by atoms with Crippen molar-refractivity contribution in [3.8, 4) is 0 Å². The van der Waals surface area contributed by atoms with E-state index in [1.165, 1.54) is 4.88 Å². The van der Waals surface area contributed by atoms with E-state index in [0.29, 0.717) is 0 Å². The quantitative estimate of drug-likeness (QED) is 0.807. The van der Waals surface area contributed by atoms with Crippen molar-refractivity contribution < 1.29 is 4.84 Å². The summed E-state index contributed by atoms with van der Waals surface area (Å²) in [7, 11) is 0. The summed E-state index contributed by atoms with van der Waals surface area (Å²) in [6, 6.07) is 0.133. The van der Waals surface area contributed by atoms with Gasteiger partial charge >= 0.3 is 0 Å². The number of nitrogens with one attached hydrogen (secondary N) is 1. The van der Waals surface area contributed by atoms with E-state index >= 15 is 0 Å². The van der Waals surface area contributed by atoms with Crippen molar-refractivity contribution in [3.05, 3.63) is 15.6 Å².